The van der Waals surface area contributed by atoms with Crippen LogP contribution in [-0.4, -0.2) is 12.6 Å². The molecule has 0 radical (unpaired) electrons. The molecule has 3 heteroatoms. The Labute approximate surface area is 135 Å². The minimum Gasteiger partial charge on any atom is -0.314 e. The molecule has 0 spiro atoms. The summed E-state index contributed by atoms with van der Waals surface area (Å²) in [6.45, 7) is 3.51. The lowest BCUT2D eigenvalue weighted by molar-refractivity contribution is 0.245. The van der Waals surface area contributed by atoms with Crippen LogP contribution in [0.3, 0.4) is 0 Å². The van der Waals surface area contributed by atoms with Gasteiger partial charge in [0.1, 0.15) is 0 Å². The number of nitrogens with one attached hydrogen (secondary N) is 1. The van der Waals surface area contributed by atoms with Gasteiger partial charge >= 0.3 is 0 Å². The van der Waals surface area contributed by atoms with E-state index in [4.69, 9.17) is 0 Å². The van der Waals surface area contributed by atoms with Gasteiger partial charge in [0.2, 0.25) is 0 Å². The summed E-state index contributed by atoms with van der Waals surface area (Å²) in [7, 11) is 0. The van der Waals surface area contributed by atoms with E-state index in [-0.39, 0.29) is 0 Å². The fourth-order valence-corrected chi connectivity index (χ4v) is 5.50. The fourth-order valence-electron chi connectivity index (χ4n) is 3.71. The van der Waals surface area contributed by atoms with Crippen LogP contribution in [0.15, 0.2) is 9.85 Å². The van der Waals surface area contributed by atoms with Crippen molar-refractivity contribution >= 4 is 27.3 Å². The lowest BCUT2D eigenvalue weighted by Crippen LogP contribution is -2.26. The summed E-state index contributed by atoms with van der Waals surface area (Å²) < 4.78 is 1.29. The van der Waals surface area contributed by atoms with Gasteiger partial charge in [0, 0.05) is 10.9 Å². The van der Waals surface area contributed by atoms with Crippen molar-refractivity contribution in [1.82, 2.24) is 5.32 Å². The Bertz CT molecular complexity index is 444. The van der Waals surface area contributed by atoms with Gasteiger partial charge in [0.15, 0.2) is 0 Å². The van der Waals surface area contributed by atoms with Crippen LogP contribution in [0.4, 0.5) is 0 Å². The highest BCUT2D eigenvalue weighted by Gasteiger charge is 2.33. The van der Waals surface area contributed by atoms with E-state index in [1.54, 1.807) is 5.56 Å². The van der Waals surface area contributed by atoms with Crippen molar-refractivity contribution in [3.8, 4) is 0 Å². The van der Waals surface area contributed by atoms with Gasteiger partial charge in [-0.15, -0.1) is 11.3 Å². The molecule has 1 N–H and O–H groups in total. The van der Waals surface area contributed by atoms with Crippen LogP contribution in [0.2, 0.25) is 0 Å². The third kappa shape index (κ3) is 3.86. The maximum Gasteiger partial charge on any atom is 0.0704 e. The van der Waals surface area contributed by atoms with Crippen LogP contribution in [0.5, 0.6) is 0 Å². The molecule has 0 amide bonds. The van der Waals surface area contributed by atoms with Crippen LogP contribution in [0, 0.1) is 12.3 Å². The molecule has 1 heterocycles. The van der Waals surface area contributed by atoms with Crippen LogP contribution < -0.4 is 5.32 Å². The zero-order valence-electron chi connectivity index (χ0n) is 12.5. The van der Waals surface area contributed by atoms with Gasteiger partial charge in [-0.3, -0.25) is 0 Å². The lowest BCUT2D eigenvalue weighted by atomic mass is 9.77. The minimum absolute atomic E-state index is 0.642. The second-order valence-electron chi connectivity index (χ2n) is 6.82. The predicted octanol–water partition coefficient (Wildman–Crippen LogP) is 5.45. The Morgan fingerprint density at radius 2 is 2.05 bits per heavy atom. The first kappa shape index (κ1) is 15.1. The summed E-state index contributed by atoms with van der Waals surface area (Å²) in [6, 6.07) is 3.20. The molecule has 1 aromatic rings. The monoisotopic (exact) mass is 355 g/mol. The van der Waals surface area contributed by atoms with E-state index in [1.165, 1.54) is 73.0 Å². The SMILES string of the molecule is Cc1sc(Br)cc1CCC1(CCNC2CC2)CCCC1. The van der Waals surface area contributed by atoms with E-state index in [1.807, 2.05) is 11.3 Å². The van der Waals surface area contributed by atoms with Crippen molar-refractivity contribution < 1.29 is 0 Å². The van der Waals surface area contributed by atoms with E-state index in [0.29, 0.717) is 5.41 Å². The number of halogens is 1. The van der Waals surface area contributed by atoms with Crippen molar-refractivity contribution in [2.45, 2.75) is 70.8 Å². The molecular formula is C17H26BrNS. The quantitative estimate of drug-likeness (QED) is 0.685. The number of rotatable bonds is 7. The van der Waals surface area contributed by atoms with Gasteiger partial charge in [-0.2, -0.15) is 0 Å². The molecule has 3 rings (SSSR count). The first-order valence-corrected chi connectivity index (χ1v) is 9.76. The van der Waals surface area contributed by atoms with Gasteiger partial charge in [-0.25, -0.2) is 0 Å². The van der Waals surface area contributed by atoms with Crippen molar-refractivity contribution in [1.29, 1.82) is 0 Å². The standard InChI is InChI=1S/C17H26BrNS/c1-13-14(12-16(18)20-13)6-9-17(7-2-3-8-17)10-11-19-15-4-5-15/h12,15,19H,2-11H2,1H3. The Morgan fingerprint density at radius 3 is 2.65 bits per heavy atom. The smallest absolute Gasteiger partial charge is 0.0704 e. The van der Waals surface area contributed by atoms with Gasteiger partial charge < -0.3 is 5.32 Å². The minimum atomic E-state index is 0.642. The van der Waals surface area contributed by atoms with Gasteiger partial charge in [0.25, 0.3) is 0 Å². The highest BCUT2D eigenvalue weighted by Crippen LogP contribution is 2.45. The number of hydrogen-bond acceptors (Lipinski definition) is 2. The maximum atomic E-state index is 3.72. The van der Waals surface area contributed by atoms with E-state index in [9.17, 15) is 0 Å². The van der Waals surface area contributed by atoms with Crippen LogP contribution >= 0.6 is 27.3 Å². The maximum absolute atomic E-state index is 3.72. The molecule has 0 bridgehead atoms. The van der Waals surface area contributed by atoms with Crippen LogP contribution in [-0.2, 0) is 6.42 Å². The van der Waals surface area contributed by atoms with E-state index in [2.05, 4.69) is 34.2 Å². The first-order chi connectivity index (χ1) is 9.67. The van der Waals surface area contributed by atoms with Crippen LogP contribution in [0.25, 0.3) is 0 Å². The average molecular weight is 356 g/mol. The molecular weight excluding hydrogens is 330 g/mol. The second kappa shape index (κ2) is 6.50. The Balaban J connectivity index is 1.54. The molecule has 20 heavy (non-hydrogen) atoms. The molecule has 112 valence electrons. The highest BCUT2D eigenvalue weighted by molar-refractivity contribution is 9.11. The lowest BCUT2D eigenvalue weighted by Gasteiger charge is -2.29. The largest absolute Gasteiger partial charge is 0.314 e. The summed E-state index contributed by atoms with van der Waals surface area (Å²) >= 11 is 5.51. The molecule has 0 saturated heterocycles. The molecule has 2 aliphatic carbocycles. The fraction of sp³-hybridized carbons (Fsp3) is 0.765. The molecule has 0 atom stereocenters. The normalized spacial score (nSPS) is 21.5. The molecule has 2 aliphatic rings. The van der Waals surface area contributed by atoms with Crippen LogP contribution in [0.1, 0.15) is 61.8 Å². The summed E-state index contributed by atoms with van der Waals surface area (Å²) in [4.78, 5) is 1.50. The summed E-state index contributed by atoms with van der Waals surface area (Å²) in [5.41, 5.74) is 2.21. The second-order valence-corrected chi connectivity index (χ2v) is 9.45. The molecule has 2 saturated carbocycles. The van der Waals surface area contributed by atoms with Gasteiger partial charge in [-0.05, 0) is 91.4 Å². The molecule has 2 fully saturated rings. The van der Waals surface area contributed by atoms with Crippen molar-refractivity contribution in [3.05, 3.63) is 20.3 Å². The predicted molar refractivity (Wildman–Crippen MR) is 91.6 cm³/mol. The first-order valence-electron chi connectivity index (χ1n) is 8.15. The third-order valence-corrected chi connectivity index (χ3v) is 6.84. The van der Waals surface area contributed by atoms with Crippen molar-refractivity contribution in [2.75, 3.05) is 6.54 Å². The Morgan fingerprint density at radius 1 is 1.30 bits per heavy atom. The van der Waals surface area contributed by atoms with Crippen molar-refractivity contribution in [3.63, 3.8) is 0 Å². The molecule has 0 unspecified atom stereocenters. The summed E-state index contributed by atoms with van der Waals surface area (Å²) in [5.74, 6) is 0. The van der Waals surface area contributed by atoms with E-state index >= 15 is 0 Å². The van der Waals surface area contributed by atoms with E-state index in [0.717, 1.165) is 6.04 Å². The van der Waals surface area contributed by atoms with E-state index < -0.39 is 0 Å². The van der Waals surface area contributed by atoms with Gasteiger partial charge in [0.05, 0.1) is 3.79 Å². The topological polar surface area (TPSA) is 12.0 Å². The third-order valence-electron chi connectivity index (χ3n) is 5.25. The highest BCUT2D eigenvalue weighted by atomic mass is 79.9. The van der Waals surface area contributed by atoms with Crippen molar-refractivity contribution in [2.24, 2.45) is 5.41 Å². The summed E-state index contributed by atoms with van der Waals surface area (Å²) in [5, 5.41) is 3.72. The molecule has 0 aliphatic heterocycles. The number of aryl methyl sites for hydroxylation is 2. The summed E-state index contributed by atoms with van der Waals surface area (Å²) in [6.07, 6.45) is 12.7. The zero-order valence-corrected chi connectivity index (χ0v) is 14.9. The molecule has 1 aromatic heterocycles. The van der Waals surface area contributed by atoms with Gasteiger partial charge in [-0.1, -0.05) is 12.8 Å². The Hall–Kier alpha value is 0.140. The average Bonchev–Trinajstić information content (AvgIpc) is 3.01. The molecule has 0 aromatic carbocycles. The number of thiophene rings is 1. The Kier molecular flexibility index (Phi) is 4.89. The zero-order chi connectivity index (χ0) is 14.0. The number of hydrogen-bond donors (Lipinski definition) is 1. The molecule has 1 nitrogen and oxygen atoms in total.